The molecule has 0 N–H and O–H groups in total. The lowest BCUT2D eigenvalue weighted by molar-refractivity contribution is 0.327. The van der Waals surface area contributed by atoms with Gasteiger partial charge in [-0.15, -0.1) is 0 Å². The molecule has 0 rings (SSSR count). The number of nitrogens with zero attached hydrogens (tertiary/aromatic N) is 2. The van der Waals surface area contributed by atoms with Gasteiger partial charge in [0, 0.05) is 26.4 Å². The van der Waals surface area contributed by atoms with Crippen LogP contribution in [0.3, 0.4) is 0 Å². The lowest BCUT2D eigenvalue weighted by atomic mass is 10.0. The quantitative estimate of drug-likeness (QED) is 0.378. The van der Waals surface area contributed by atoms with Crippen LogP contribution in [0.5, 0.6) is 0 Å². The lowest BCUT2D eigenvalue weighted by Gasteiger charge is -2.24. The first-order chi connectivity index (χ1) is 7.82. The first-order valence-electron chi connectivity index (χ1n) is 6.71. The maximum absolute atomic E-state index is 5.86. The maximum Gasteiger partial charge on any atom is 0.186 e. The monoisotopic (exact) mass is 258 g/mol. The Morgan fingerprint density at radius 1 is 1.29 bits per heavy atom. The van der Waals surface area contributed by atoms with E-state index in [-0.39, 0.29) is 0 Å². The van der Waals surface area contributed by atoms with Crippen molar-refractivity contribution in [2.45, 2.75) is 52.8 Å². The van der Waals surface area contributed by atoms with E-state index in [0.29, 0.717) is 5.92 Å². The van der Waals surface area contributed by atoms with Gasteiger partial charge < -0.3 is 9.43 Å². The Morgan fingerprint density at radius 3 is 2.29 bits per heavy atom. The van der Waals surface area contributed by atoms with Crippen molar-refractivity contribution in [3.63, 3.8) is 0 Å². The minimum atomic E-state index is -1.43. The molecule has 0 fully saturated rings. The Balaban J connectivity index is 4.29. The molecule has 0 spiro atoms. The van der Waals surface area contributed by atoms with Gasteiger partial charge in [0.15, 0.2) is 8.32 Å². The largest absolute Gasteiger partial charge is 0.418 e. The minimum absolute atomic E-state index is 0.564. The molecular weight excluding hydrogens is 228 g/mol. The van der Waals surface area contributed by atoms with Gasteiger partial charge in [-0.1, -0.05) is 13.8 Å². The third-order valence-electron chi connectivity index (χ3n) is 2.97. The van der Waals surface area contributed by atoms with Crippen LogP contribution in [-0.2, 0) is 4.43 Å². The predicted octanol–water partition coefficient (Wildman–Crippen LogP) is 3.58. The van der Waals surface area contributed by atoms with Crippen LogP contribution in [-0.4, -0.2) is 39.7 Å². The number of rotatable bonds is 8. The van der Waals surface area contributed by atoms with Crippen molar-refractivity contribution in [3.05, 3.63) is 0 Å². The van der Waals surface area contributed by atoms with Crippen LogP contribution < -0.4 is 0 Å². The van der Waals surface area contributed by atoms with Gasteiger partial charge in [-0.3, -0.25) is 0 Å². The molecule has 1 unspecified atom stereocenters. The van der Waals surface area contributed by atoms with Crippen LogP contribution in [0.25, 0.3) is 0 Å². The Hall–Kier alpha value is -0.353. The third-order valence-corrected chi connectivity index (χ3v) is 5.54. The number of hydrogen-bond acceptors (Lipinski definition) is 3. The molecule has 0 heterocycles. The fourth-order valence-electron chi connectivity index (χ4n) is 1.97. The van der Waals surface area contributed by atoms with E-state index in [1.165, 1.54) is 18.2 Å². The molecular formula is C13H30N2OSi. The van der Waals surface area contributed by atoms with Gasteiger partial charge in [0.1, 0.15) is 0 Å². The first-order valence-corrected chi connectivity index (χ1v) is 9.82. The molecule has 0 aromatic carbocycles. The van der Waals surface area contributed by atoms with E-state index in [4.69, 9.17) is 4.43 Å². The Kier molecular flexibility index (Phi) is 7.71. The molecule has 0 saturated heterocycles. The molecule has 0 aromatic heterocycles. The van der Waals surface area contributed by atoms with Crippen molar-refractivity contribution in [3.8, 4) is 0 Å². The standard InChI is InChI=1S/C13H30N2OSi/c1-8-13(14-15(4)5)12(3)10-11-17(6,7)16-9-2/h12H,8-11H2,1-7H3/b14-13+. The summed E-state index contributed by atoms with van der Waals surface area (Å²) < 4.78 is 5.86. The van der Waals surface area contributed by atoms with Gasteiger partial charge in [0.25, 0.3) is 0 Å². The second-order valence-corrected chi connectivity index (χ2v) is 9.73. The summed E-state index contributed by atoms with van der Waals surface area (Å²) >= 11 is 0. The zero-order valence-electron chi connectivity index (χ0n) is 12.7. The van der Waals surface area contributed by atoms with Gasteiger partial charge in [-0.2, -0.15) is 5.10 Å². The van der Waals surface area contributed by atoms with Gasteiger partial charge >= 0.3 is 0 Å². The molecule has 17 heavy (non-hydrogen) atoms. The highest BCUT2D eigenvalue weighted by Gasteiger charge is 2.23. The van der Waals surface area contributed by atoms with E-state index >= 15 is 0 Å². The number of hydrogen-bond donors (Lipinski definition) is 0. The summed E-state index contributed by atoms with van der Waals surface area (Å²) in [7, 11) is 2.54. The molecule has 0 aromatic rings. The van der Waals surface area contributed by atoms with E-state index in [9.17, 15) is 0 Å². The summed E-state index contributed by atoms with van der Waals surface area (Å²) in [5.74, 6) is 0.564. The first kappa shape index (κ1) is 16.6. The molecule has 4 heteroatoms. The second kappa shape index (κ2) is 7.87. The predicted molar refractivity (Wildman–Crippen MR) is 79.1 cm³/mol. The molecule has 3 nitrogen and oxygen atoms in total. The Morgan fingerprint density at radius 2 is 1.88 bits per heavy atom. The van der Waals surface area contributed by atoms with E-state index < -0.39 is 8.32 Å². The SMILES string of the molecule is CCO[Si](C)(C)CCC(C)/C(CC)=N/N(C)C. The zero-order valence-corrected chi connectivity index (χ0v) is 13.7. The smallest absolute Gasteiger partial charge is 0.186 e. The van der Waals surface area contributed by atoms with Crippen molar-refractivity contribution in [2.24, 2.45) is 11.0 Å². The minimum Gasteiger partial charge on any atom is -0.418 e. The molecule has 0 aliphatic heterocycles. The Bertz CT molecular complexity index is 240. The summed E-state index contributed by atoms with van der Waals surface area (Å²) in [6.45, 7) is 12.0. The van der Waals surface area contributed by atoms with E-state index in [1.807, 2.05) is 19.1 Å². The zero-order chi connectivity index (χ0) is 13.5. The highest BCUT2D eigenvalue weighted by Crippen LogP contribution is 2.20. The van der Waals surface area contributed by atoms with Crippen LogP contribution >= 0.6 is 0 Å². The molecule has 0 saturated carbocycles. The van der Waals surface area contributed by atoms with E-state index in [2.05, 4.69) is 39.0 Å². The van der Waals surface area contributed by atoms with Crippen LogP contribution in [0.4, 0.5) is 0 Å². The van der Waals surface area contributed by atoms with Crippen LogP contribution in [0.15, 0.2) is 5.10 Å². The summed E-state index contributed by atoms with van der Waals surface area (Å²) in [6.07, 6.45) is 2.23. The van der Waals surface area contributed by atoms with Crippen molar-refractivity contribution in [1.82, 2.24) is 5.01 Å². The summed E-state index contributed by atoms with van der Waals surface area (Å²) in [4.78, 5) is 0. The summed E-state index contributed by atoms with van der Waals surface area (Å²) in [5.41, 5.74) is 1.30. The second-order valence-electron chi connectivity index (χ2n) is 5.42. The molecule has 0 radical (unpaired) electrons. The average molecular weight is 258 g/mol. The highest BCUT2D eigenvalue weighted by molar-refractivity contribution is 6.71. The van der Waals surface area contributed by atoms with Crippen molar-refractivity contribution in [2.75, 3.05) is 20.7 Å². The van der Waals surface area contributed by atoms with E-state index in [0.717, 1.165) is 13.0 Å². The van der Waals surface area contributed by atoms with Gasteiger partial charge in [0.05, 0.1) is 0 Å². The van der Waals surface area contributed by atoms with Gasteiger partial charge in [-0.25, -0.2) is 0 Å². The van der Waals surface area contributed by atoms with Crippen molar-refractivity contribution in [1.29, 1.82) is 0 Å². The normalized spacial score (nSPS) is 14.9. The molecule has 0 aliphatic carbocycles. The Labute approximate surface area is 108 Å². The van der Waals surface area contributed by atoms with Crippen LogP contribution in [0.1, 0.15) is 33.6 Å². The molecule has 102 valence electrons. The summed E-state index contributed by atoms with van der Waals surface area (Å²) in [5, 5.41) is 6.47. The fourth-order valence-corrected chi connectivity index (χ4v) is 4.02. The molecule has 0 bridgehead atoms. The number of hydrazone groups is 1. The highest BCUT2D eigenvalue weighted by atomic mass is 28.4. The average Bonchev–Trinajstić information content (AvgIpc) is 2.22. The third kappa shape index (κ3) is 7.55. The topological polar surface area (TPSA) is 24.8 Å². The molecule has 1 atom stereocenters. The molecule has 0 aliphatic rings. The van der Waals surface area contributed by atoms with Crippen molar-refractivity contribution < 1.29 is 4.43 Å². The fraction of sp³-hybridized carbons (Fsp3) is 0.923. The maximum atomic E-state index is 5.86. The molecule has 0 amide bonds. The van der Waals surface area contributed by atoms with Crippen LogP contribution in [0.2, 0.25) is 19.1 Å². The summed E-state index contributed by atoms with van der Waals surface area (Å²) in [6, 6.07) is 1.22. The van der Waals surface area contributed by atoms with Gasteiger partial charge in [-0.05, 0) is 44.8 Å². The van der Waals surface area contributed by atoms with Gasteiger partial charge in [0.2, 0.25) is 0 Å². The lowest BCUT2D eigenvalue weighted by Crippen LogP contribution is -2.31. The van der Waals surface area contributed by atoms with Crippen molar-refractivity contribution >= 4 is 14.0 Å². The van der Waals surface area contributed by atoms with Crippen LogP contribution in [0, 0.1) is 5.92 Å². The van der Waals surface area contributed by atoms with E-state index in [1.54, 1.807) is 0 Å².